The molecule has 0 radical (unpaired) electrons. The largest absolute Gasteiger partial charge is 0.464 e. The van der Waals surface area contributed by atoms with Gasteiger partial charge in [0.15, 0.2) is 5.78 Å². The number of hydrogen-bond donors (Lipinski definition) is 0. The number of ketones is 1. The van der Waals surface area contributed by atoms with Crippen LogP contribution in [0.2, 0.25) is 0 Å². The van der Waals surface area contributed by atoms with Gasteiger partial charge in [0, 0.05) is 23.1 Å². The molecule has 1 heterocycles. The summed E-state index contributed by atoms with van der Waals surface area (Å²) in [7, 11) is 0. The van der Waals surface area contributed by atoms with Crippen LogP contribution in [-0.4, -0.2) is 5.78 Å². The third kappa shape index (κ3) is 0.880. The van der Waals surface area contributed by atoms with Crippen LogP contribution in [0.15, 0.2) is 41.0 Å². The van der Waals surface area contributed by atoms with E-state index in [0.717, 1.165) is 22.5 Å². The van der Waals surface area contributed by atoms with Crippen molar-refractivity contribution in [2.45, 2.75) is 6.42 Å². The van der Waals surface area contributed by atoms with Gasteiger partial charge in [-0.3, -0.25) is 4.79 Å². The molecule has 2 nitrogen and oxygen atoms in total. The van der Waals surface area contributed by atoms with Crippen molar-refractivity contribution in [3.8, 4) is 11.3 Å². The molecule has 14 heavy (non-hydrogen) atoms. The van der Waals surface area contributed by atoms with Crippen LogP contribution in [0, 0.1) is 0 Å². The molecule has 1 aromatic heterocycles. The normalized spacial score (nSPS) is 13.6. The Morgan fingerprint density at radius 3 is 2.71 bits per heavy atom. The van der Waals surface area contributed by atoms with Gasteiger partial charge in [0.1, 0.15) is 5.76 Å². The predicted molar refractivity (Wildman–Crippen MR) is 52.2 cm³/mol. The first-order chi connectivity index (χ1) is 6.86. The van der Waals surface area contributed by atoms with Crippen LogP contribution in [0.1, 0.15) is 15.9 Å². The predicted octanol–water partition coefficient (Wildman–Crippen LogP) is 2.69. The number of fused-ring (bicyclic) bond motifs is 3. The monoisotopic (exact) mass is 184 g/mol. The zero-order valence-corrected chi connectivity index (χ0v) is 7.49. The maximum atomic E-state index is 11.7. The van der Waals surface area contributed by atoms with Crippen LogP contribution in [0.25, 0.3) is 11.3 Å². The second-order valence-corrected chi connectivity index (χ2v) is 3.42. The second kappa shape index (κ2) is 2.58. The van der Waals surface area contributed by atoms with Gasteiger partial charge in [-0.05, 0) is 6.07 Å². The van der Waals surface area contributed by atoms with Crippen molar-refractivity contribution in [2.24, 2.45) is 0 Å². The van der Waals surface area contributed by atoms with Crippen LogP contribution < -0.4 is 0 Å². The molecule has 1 aliphatic carbocycles. The summed E-state index contributed by atoms with van der Waals surface area (Å²) < 4.78 is 5.38. The first-order valence-electron chi connectivity index (χ1n) is 4.55. The Labute approximate surface area is 81.2 Å². The minimum atomic E-state index is 0.175. The first kappa shape index (κ1) is 7.56. The zero-order valence-electron chi connectivity index (χ0n) is 7.49. The van der Waals surface area contributed by atoms with Gasteiger partial charge in [0.05, 0.1) is 6.26 Å². The molecule has 2 aromatic rings. The topological polar surface area (TPSA) is 30.2 Å². The summed E-state index contributed by atoms with van der Waals surface area (Å²) in [5, 5.41) is 0. The summed E-state index contributed by atoms with van der Waals surface area (Å²) >= 11 is 0. The number of benzene rings is 1. The Kier molecular flexibility index (Phi) is 1.39. The van der Waals surface area contributed by atoms with E-state index in [-0.39, 0.29) is 5.78 Å². The van der Waals surface area contributed by atoms with Crippen molar-refractivity contribution in [3.63, 3.8) is 0 Å². The molecule has 3 rings (SSSR count). The van der Waals surface area contributed by atoms with Crippen LogP contribution in [-0.2, 0) is 6.42 Å². The van der Waals surface area contributed by atoms with E-state index in [1.165, 1.54) is 0 Å². The molecule has 1 aromatic carbocycles. The van der Waals surface area contributed by atoms with Crippen molar-refractivity contribution in [3.05, 3.63) is 47.7 Å². The van der Waals surface area contributed by atoms with Gasteiger partial charge in [-0.1, -0.05) is 24.3 Å². The van der Waals surface area contributed by atoms with E-state index in [2.05, 4.69) is 0 Å². The fourth-order valence-corrected chi connectivity index (χ4v) is 1.90. The van der Waals surface area contributed by atoms with Gasteiger partial charge < -0.3 is 4.42 Å². The van der Waals surface area contributed by atoms with E-state index in [1.807, 2.05) is 30.3 Å². The lowest BCUT2D eigenvalue weighted by atomic mass is 9.90. The highest BCUT2D eigenvalue weighted by Crippen LogP contribution is 2.33. The third-order valence-corrected chi connectivity index (χ3v) is 2.57. The van der Waals surface area contributed by atoms with Crippen LogP contribution in [0.3, 0.4) is 0 Å². The smallest absolute Gasteiger partial charge is 0.168 e. The van der Waals surface area contributed by atoms with Gasteiger partial charge in [0.25, 0.3) is 0 Å². The Balaban J connectivity index is 2.36. The van der Waals surface area contributed by atoms with Crippen molar-refractivity contribution in [2.75, 3.05) is 0 Å². The highest BCUT2D eigenvalue weighted by Gasteiger charge is 2.23. The number of carbonyl (C=O) groups is 1. The van der Waals surface area contributed by atoms with Crippen molar-refractivity contribution in [1.82, 2.24) is 0 Å². The molecule has 0 saturated heterocycles. The number of carbonyl (C=O) groups excluding carboxylic acids is 1. The van der Waals surface area contributed by atoms with Gasteiger partial charge in [-0.2, -0.15) is 0 Å². The van der Waals surface area contributed by atoms with E-state index >= 15 is 0 Å². The Morgan fingerprint density at radius 1 is 1.07 bits per heavy atom. The lowest BCUT2D eigenvalue weighted by Crippen LogP contribution is -2.10. The summed E-state index contributed by atoms with van der Waals surface area (Å²) in [5.74, 6) is 1.02. The molecule has 0 atom stereocenters. The third-order valence-electron chi connectivity index (χ3n) is 2.57. The summed E-state index contributed by atoms with van der Waals surface area (Å²) in [6, 6.07) is 9.44. The molecule has 0 aliphatic heterocycles. The second-order valence-electron chi connectivity index (χ2n) is 3.42. The molecule has 0 unspecified atom stereocenters. The molecule has 0 fully saturated rings. The highest BCUT2D eigenvalue weighted by atomic mass is 16.3. The van der Waals surface area contributed by atoms with E-state index in [4.69, 9.17) is 4.42 Å². The molecule has 0 saturated carbocycles. The molecule has 0 spiro atoms. The zero-order chi connectivity index (χ0) is 9.54. The number of furan rings is 1. The van der Waals surface area contributed by atoms with E-state index in [0.29, 0.717) is 6.42 Å². The molecule has 0 bridgehead atoms. The molecule has 0 amide bonds. The van der Waals surface area contributed by atoms with Crippen LogP contribution >= 0.6 is 0 Å². The number of Topliss-reactive ketones (excluding diaryl/α,β-unsaturated/α-hetero) is 1. The summed E-state index contributed by atoms with van der Waals surface area (Å²) in [6.45, 7) is 0. The van der Waals surface area contributed by atoms with Gasteiger partial charge in [-0.15, -0.1) is 0 Å². The van der Waals surface area contributed by atoms with Gasteiger partial charge in [0.2, 0.25) is 0 Å². The fourth-order valence-electron chi connectivity index (χ4n) is 1.90. The number of rotatable bonds is 0. The van der Waals surface area contributed by atoms with Crippen LogP contribution in [0.4, 0.5) is 0 Å². The van der Waals surface area contributed by atoms with Crippen LogP contribution in [0.5, 0.6) is 0 Å². The molecule has 1 aliphatic rings. The quantitative estimate of drug-likeness (QED) is 0.630. The lowest BCUT2D eigenvalue weighted by molar-refractivity contribution is 0.0991. The van der Waals surface area contributed by atoms with E-state index in [1.54, 1.807) is 6.26 Å². The molecular weight excluding hydrogens is 176 g/mol. The average molecular weight is 184 g/mol. The molecule has 0 N–H and O–H groups in total. The highest BCUT2D eigenvalue weighted by molar-refractivity contribution is 6.06. The van der Waals surface area contributed by atoms with E-state index in [9.17, 15) is 4.79 Å². The minimum absolute atomic E-state index is 0.175. The Bertz CT molecular complexity index is 509. The maximum Gasteiger partial charge on any atom is 0.168 e. The average Bonchev–Trinajstić information content (AvgIpc) is 2.66. The fraction of sp³-hybridized carbons (Fsp3) is 0.0833. The minimum Gasteiger partial charge on any atom is -0.464 e. The summed E-state index contributed by atoms with van der Waals surface area (Å²) in [6.07, 6.45) is 2.10. The standard InChI is InChI=1S/C12H8O2/c13-11-7-8-5-6-14-12(8)10-4-2-1-3-9(10)11/h1-6H,7H2. The van der Waals surface area contributed by atoms with Crippen molar-refractivity contribution >= 4 is 5.78 Å². The Hall–Kier alpha value is -1.83. The van der Waals surface area contributed by atoms with Gasteiger partial charge >= 0.3 is 0 Å². The first-order valence-corrected chi connectivity index (χ1v) is 4.55. The lowest BCUT2D eigenvalue weighted by Gasteiger charge is -2.12. The van der Waals surface area contributed by atoms with E-state index < -0.39 is 0 Å². The maximum absolute atomic E-state index is 11.7. The summed E-state index contributed by atoms with van der Waals surface area (Å²) in [5.41, 5.74) is 2.69. The molecular formula is C12H8O2. The van der Waals surface area contributed by atoms with Crippen molar-refractivity contribution < 1.29 is 9.21 Å². The Morgan fingerprint density at radius 2 is 1.86 bits per heavy atom. The van der Waals surface area contributed by atoms with Crippen molar-refractivity contribution in [1.29, 1.82) is 0 Å². The summed E-state index contributed by atoms with van der Waals surface area (Å²) in [4.78, 5) is 11.7. The number of hydrogen-bond acceptors (Lipinski definition) is 2. The molecule has 68 valence electrons. The molecule has 2 heteroatoms. The van der Waals surface area contributed by atoms with Gasteiger partial charge in [-0.25, -0.2) is 0 Å². The SMILES string of the molecule is O=C1Cc2ccoc2-c2ccccc21.